The van der Waals surface area contributed by atoms with Crippen molar-refractivity contribution in [3.05, 3.63) is 243 Å². The summed E-state index contributed by atoms with van der Waals surface area (Å²) in [6, 6.07) is 88.6. The lowest BCUT2D eigenvalue weighted by molar-refractivity contribution is 1.16. The van der Waals surface area contributed by atoms with E-state index in [0.29, 0.717) is 0 Å². The third-order valence-electron chi connectivity index (χ3n) is 12.5. The van der Waals surface area contributed by atoms with Crippen molar-refractivity contribution in [3.8, 4) is 67.0 Å². The van der Waals surface area contributed by atoms with Gasteiger partial charge in [-0.3, -0.25) is 0 Å². The van der Waals surface area contributed by atoms with Gasteiger partial charge in [0, 0.05) is 32.7 Å². The average molecular weight is 789 g/mol. The van der Waals surface area contributed by atoms with E-state index in [1.807, 2.05) is 0 Å². The first-order valence-corrected chi connectivity index (χ1v) is 21.3. The van der Waals surface area contributed by atoms with Crippen LogP contribution in [0.15, 0.2) is 243 Å². The van der Waals surface area contributed by atoms with Crippen molar-refractivity contribution in [2.45, 2.75) is 0 Å². The highest BCUT2D eigenvalue weighted by molar-refractivity contribution is 6.13. The molecule has 12 rings (SSSR count). The number of fused-ring (bicyclic) bond motifs is 6. The Bertz CT molecular complexity index is 3160. The molecule has 12 aromatic rings. The fraction of sp³-hybridized carbons (Fsp3) is 0. The molecule has 0 fully saturated rings. The molecular weight excluding hydrogens is 749 g/mol. The predicted octanol–water partition coefficient (Wildman–Crippen LogP) is 16.2. The minimum Gasteiger partial charge on any atom is -0.309 e. The van der Waals surface area contributed by atoms with Crippen LogP contribution in [-0.2, 0) is 0 Å². The van der Waals surface area contributed by atoms with Crippen LogP contribution in [0.2, 0.25) is 0 Å². The van der Waals surface area contributed by atoms with E-state index in [0.717, 1.165) is 22.5 Å². The molecule has 0 radical (unpaired) electrons. The molecule has 0 spiro atoms. The first-order valence-electron chi connectivity index (χ1n) is 21.3. The first kappa shape index (κ1) is 35.7. The number of hydrogen-bond donors (Lipinski definition) is 0. The standard InChI is InChI=1S/C60H40N2/c1-5-17-41(18-6-1)45-29-33-51-52-34-30-46(42-19-7-2-8-20-42)38-58(52)61(57(51)37-45)55-27-15-13-25-49(55)50-26-14-16-28-56(50)62-59-39-47(43-21-9-3-10-22-43)31-35-53(59)54-36-32-48(40-60(54)62)44-23-11-4-12-24-44/h1-40H. The molecule has 0 atom stereocenters. The summed E-state index contributed by atoms with van der Waals surface area (Å²) >= 11 is 0. The normalized spacial score (nSPS) is 11.5. The summed E-state index contributed by atoms with van der Waals surface area (Å²) in [6.07, 6.45) is 0. The zero-order valence-corrected chi connectivity index (χ0v) is 34.0. The zero-order valence-electron chi connectivity index (χ0n) is 34.0. The molecule has 0 aliphatic heterocycles. The third-order valence-corrected chi connectivity index (χ3v) is 12.5. The minimum absolute atomic E-state index is 1.13. The lowest BCUT2D eigenvalue weighted by Crippen LogP contribution is -2.01. The molecule has 0 aliphatic rings. The topological polar surface area (TPSA) is 9.86 Å². The number of aromatic nitrogens is 2. The minimum atomic E-state index is 1.13. The van der Waals surface area contributed by atoms with Gasteiger partial charge in [-0.2, -0.15) is 0 Å². The second kappa shape index (κ2) is 14.8. The van der Waals surface area contributed by atoms with Crippen molar-refractivity contribution >= 4 is 43.6 Å². The SMILES string of the molecule is c1ccc(-c2ccc3c4ccc(-c5ccccc5)cc4n(-c4ccccc4-c4ccccc4-n4c5cc(-c6ccccc6)ccc5c5ccc(-c6ccccc6)cc54)c3c2)cc1. The number of nitrogens with zero attached hydrogens (tertiary/aromatic N) is 2. The number of hydrogen-bond acceptors (Lipinski definition) is 0. The molecular formula is C60H40N2. The quantitative estimate of drug-likeness (QED) is 0.152. The molecule has 0 amide bonds. The van der Waals surface area contributed by atoms with E-state index < -0.39 is 0 Å². The van der Waals surface area contributed by atoms with E-state index in [2.05, 4.69) is 252 Å². The van der Waals surface area contributed by atoms with Crippen molar-refractivity contribution in [3.63, 3.8) is 0 Å². The Morgan fingerprint density at radius 3 is 0.710 bits per heavy atom. The lowest BCUT2D eigenvalue weighted by atomic mass is 10.00. The molecule has 62 heavy (non-hydrogen) atoms. The maximum absolute atomic E-state index is 2.50. The van der Waals surface area contributed by atoms with Crippen molar-refractivity contribution in [2.24, 2.45) is 0 Å². The summed E-state index contributed by atoms with van der Waals surface area (Å²) in [6.45, 7) is 0. The van der Waals surface area contributed by atoms with E-state index >= 15 is 0 Å². The smallest absolute Gasteiger partial charge is 0.0547 e. The Labute approximate surface area is 360 Å². The van der Waals surface area contributed by atoms with Crippen molar-refractivity contribution in [2.75, 3.05) is 0 Å². The number of rotatable bonds is 7. The summed E-state index contributed by atoms with van der Waals surface area (Å²) in [4.78, 5) is 0. The van der Waals surface area contributed by atoms with Gasteiger partial charge < -0.3 is 9.13 Å². The fourth-order valence-electron chi connectivity index (χ4n) is 9.59. The third kappa shape index (κ3) is 5.96. The molecule has 2 heteroatoms. The van der Waals surface area contributed by atoms with Crippen LogP contribution in [0.3, 0.4) is 0 Å². The molecule has 2 heterocycles. The molecule has 0 saturated heterocycles. The van der Waals surface area contributed by atoms with Crippen molar-refractivity contribution in [1.29, 1.82) is 0 Å². The van der Waals surface area contributed by atoms with Crippen LogP contribution in [0.4, 0.5) is 0 Å². The van der Waals surface area contributed by atoms with Gasteiger partial charge in [-0.05, 0) is 80.9 Å². The van der Waals surface area contributed by atoms with Crippen LogP contribution in [0, 0.1) is 0 Å². The van der Waals surface area contributed by atoms with Gasteiger partial charge in [-0.25, -0.2) is 0 Å². The maximum Gasteiger partial charge on any atom is 0.0547 e. The highest BCUT2D eigenvalue weighted by Gasteiger charge is 2.21. The van der Waals surface area contributed by atoms with E-state index in [-0.39, 0.29) is 0 Å². The summed E-state index contributed by atoms with van der Waals surface area (Å²) in [5.74, 6) is 0. The highest BCUT2D eigenvalue weighted by atomic mass is 15.0. The van der Waals surface area contributed by atoms with Gasteiger partial charge in [-0.1, -0.05) is 206 Å². The van der Waals surface area contributed by atoms with Gasteiger partial charge in [0.15, 0.2) is 0 Å². The monoisotopic (exact) mass is 788 g/mol. The highest BCUT2D eigenvalue weighted by Crippen LogP contribution is 2.43. The van der Waals surface area contributed by atoms with Gasteiger partial charge >= 0.3 is 0 Å². The molecule has 0 saturated carbocycles. The van der Waals surface area contributed by atoms with Crippen LogP contribution in [0.25, 0.3) is 111 Å². The van der Waals surface area contributed by atoms with Crippen molar-refractivity contribution in [1.82, 2.24) is 9.13 Å². The molecule has 0 N–H and O–H groups in total. The fourth-order valence-corrected chi connectivity index (χ4v) is 9.59. The van der Waals surface area contributed by atoms with E-state index in [1.165, 1.54) is 88.1 Å². The Hall–Kier alpha value is -8.20. The molecule has 290 valence electrons. The van der Waals surface area contributed by atoms with Crippen LogP contribution in [-0.4, -0.2) is 9.13 Å². The van der Waals surface area contributed by atoms with Crippen LogP contribution >= 0.6 is 0 Å². The van der Waals surface area contributed by atoms with E-state index in [4.69, 9.17) is 0 Å². The molecule has 2 aromatic heterocycles. The van der Waals surface area contributed by atoms with Gasteiger partial charge in [0.1, 0.15) is 0 Å². The second-order valence-electron chi connectivity index (χ2n) is 16.1. The summed E-state index contributed by atoms with van der Waals surface area (Å²) in [5, 5.41) is 4.91. The van der Waals surface area contributed by atoms with Crippen LogP contribution < -0.4 is 0 Å². The maximum atomic E-state index is 2.50. The lowest BCUT2D eigenvalue weighted by Gasteiger charge is -2.19. The summed E-state index contributed by atoms with van der Waals surface area (Å²) < 4.78 is 5.01. The Kier molecular flexibility index (Phi) is 8.53. The molecule has 0 unspecified atom stereocenters. The van der Waals surface area contributed by atoms with Gasteiger partial charge in [0.2, 0.25) is 0 Å². The van der Waals surface area contributed by atoms with Gasteiger partial charge in [0.05, 0.1) is 33.4 Å². The summed E-state index contributed by atoms with van der Waals surface area (Å²) in [5.41, 5.74) is 18.8. The Morgan fingerprint density at radius 1 is 0.194 bits per heavy atom. The predicted molar refractivity (Wildman–Crippen MR) is 262 cm³/mol. The van der Waals surface area contributed by atoms with Gasteiger partial charge in [0.25, 0.3) is 0 Å². The van der Waals surface area contributed by atoms with Crippen LogP contribution in [0.1, 0.15) is 0 Å². The summed E-state index contributed by atoms with van der Waals surface area (Å²) in [7, 11) is 0. The molecule has 10 aromatic carbocycles. The molecule has 0 bridgehead atoms. The van der Waals surface area contributed by atoms with Gasteiger partial charge in [-0.15, -0.1) is 0 Å². The van der Waals surface area contributed by atoms with Crippen molar-refractivity contribution < 1.29 is 0 Å². The zero-order chi connectivity index (χ0) is 41.0. The molecule has 2 nitrogen and oxygen atoms in total. The average Bonchev–Trinajstić information content (AvgIpc) is 3.86. The van der Waals surface area contributed by atoms with E-state index in [1.54, 1.807) is 0 Å². The first-order chi connectivity index (χ1) is 30.8. The number of para-hydroxylation sites is 2. The Morgan fingerprint density at radius 2 is 0.435 bits per heavy atom. The largest absolute Gasteiger partial charge is 0.309 e. The van der Waals surface area contributed by atoms with Crippen LogP contribution in [0.5, 0.6) is 0 Å². The second-order valence-corrected chi connectivity index (χ2v) is 16.1. The Balaban J connectivity index is 1.14. The molecule has 0 aliphatic carbocycles. The van der Waals surface area contributed by atoms with E-state index in [9.17, 15) is 0 Å². The number of benzene rings is 10.